The molecule has 0 aromatic heterocycles. The summed E-state index contributed by atoms with van der Waals surface area (Å²) in [5.74, 6) is 0.642. The summed E-state index contributed by atoms with van der Waals surface area (Å²) in [6.45, 7) is 3.27. The summed E-state index contributed by atoms with van der Waals surface area (Å²) in [7, 11) is 1.82. The lowest BCUT2D eigenvalue weighted by Gasteiger charge is -2.31. The number of ether oxygens (including phenoxy) is 1. The molecule has 78 valence electrons. The van der Waals surface area contributed by atoms with Gasteiger partial charge in [0.05, 0.1) is 6.10 Å². The second-order valence-electron chi connectivity index (χ2n) is 4.30. The van der Waals surface area contributed by atoms with Crippen LogP contribution in [0.1, 0.15) is 32.6 Å². The van der Waals surface area contributed by atoms with Crippen LogP contribution < -0.4 is 0 Å². The van der Waals surface area contributed by atoms with E-state index in [1.165, 1.54) is 24.1 Å². The lowest BCUT2D eigenvalue weighted by Crippen LogP contribution is -2.32. The second kappa shape index (κ2) is 4.26. The van der Waals surface area contributed by atoms with Crippen molar-refractivity contribution in [3.05, 3.63) is 11.6 Å². The zero-order valence-corrected chi connectivity index (χ0v) is 9.12. The highest BCUT2D eigenvalue weighted by Gasteiger charge is 2.29. The molecule has 1 fully saturated rings. The lowest BCUT2D eigenvalue weighted by atomic mass is 9.82. The summed E-state index contributed by atoms with van der Waals surface area (Å²) in [4.78, 5) is 4.65. The van der Waals surface area contributed by atoms with Gasteiger partial charge in [-0.2, -0.15) is 0 Å². The second-order valence-corrected chi connectivity index (χ2v) is 4.30. The van der Waals surface area contributed by atoms with Crippen molar-refractivity contribution in [2.45, 2.75) is 38.7 Å². The molecule has 2 atom stereocenters. The normalized spacial score (nSPS) is 32.7. The quantitative estimate of drug-likeness (QED) is 0.627. The van der Waals surface area contributed by atoms with Crippen LogP contribution in [-0.4, -0.2) is 25.5 Å². The van der Waals surface area contributed by atoms with Crippen LogP contribution in [0.5, 0.6) is 0 Å². The van der Waals surface area contributed by atoms with Gasteiger partial charge in [0.25, 0.3) is 0 Å². The Morgan fingerprint density at radius 1 is 1.50 bits per heavy atom. The van der Waals surface area contributed by atoms with Crippen LogP contribution >= 0.6 is 0 Å². The fraction of sp³-hybridized carbons (Fsp3) is 0.750. The lowest BCUT2D eigenvalue weighted by molar-refractivity contribution is 0.0838. The predicted octanol–water partition coefficient (Wildman–Crippen LogP) is 2.59. The molecule has 0 bridgehead atoms. The van der Waals surface area contributed by atoms with E-state index in [-0.39, 0.29) is 0 Å². The molecule has 0 aromatic carbocycles. The Hall–Kier alpha value is -0.630. The summed E-state index contributed by atoms with van der Waals surface area (Å²) >= 11 is 0. The fourth-order valence-corrected chi connectivity index (χ4v) is 2.46. The van der Waals surface area contributed by atoms with Gasteiger partial charge < -0.3 is 4.74 Å². The molecule has 1 aliphatic carbocycles. The van der Waals surface area contributed by atoms with Gasteiger partial charge in [0.15, 0.2) is 0 Å². The van der Waals surface area contributed by atoms with Crippen LogP contribution in [0, 0.1) is 5.92 Å². The summed E-state index contributed by atoms with van der Waals surface area (Å²) in [5.41, 5.74) is 2.69. The Labute approximate surface area is 86.1 Å². The van der Waals surface area contributed by atoms with Crippen molar-refractivity contribution in [3.8, 4) is 0 Å². The predicted molar refractivity (Wildman–Crippen MR) is 58.8 cm³/mol. The summed E-state index contributed by atoms with van der Waals surface area (Å²) in [6, 6.07) is 0. The van der Waals surface area contributed by atoms with Crippen LogP contribution in [-0.2, 0) is 4.74 Å². The van der Waals surface area contributed by atoms with Crippen molar-refractivity contribution in [3.63, 3.8) is 0 Å². The van der Waals surface area contributed by atoms with E-state index >= 15 is 0 Å². The van der Waals surface area contributed by atoms with E-state index in [2.05, 4.69) is 18.0 Å². The minimum Gasteiger partial charge on any atom is -0.376 e. The van der Waals surface area contributed by atoms with Gasteiger partial charge in [0.1, 0.15) is 0 Å². The first kappa shape index (κ1) is 9.91. The maximum atomic E-state index is 5.58. The summed E-state index contributed by atoms with van der Waals surface area (Å²) in [6.07, 6.45) is 7.35. The molecule has 0 saturated heterocycles. The highest BCUT2D eigenvalue weighted by Crippen LogP contribution is 2.30. The molecule has 2 heteroatoms. The Morgan fingerprint density at radius 2 is 2.36 bits per heavy atom. The molecule has 1 saturated carbocycles. The molecule has 0 N–H and O–H groups in total. The smallest absolute Gasteiger partial charge is 0.0861 e. The minimum atomic E-state index is 0.292. The van der Waals surface area contributed by atoms with Gasteiger partial charge in [-0.3, -0.25) is 4.99 Å². The van der Waals surface area contributed by atoms with E-state index in [9.17, 15) is 0 Å². The first-order valence-electron chi connectivity index (χ1n) is 5.59. The fourth-order valence-electron chi connectivity index (χ4n) is 2.46. The number of nitrogens with zero attached hydrogens (tertiary/aromatic N) is 1. The topological polar surface area (TPSA) is 21.6 Å². The van der Waals surface area contributed by atoms with E-state index in [0.717, 1.165) is 19.4 Å². The van der Waals surface area contributed by atoms with Gasteiger partial charge in [-0.1, -0.05) is 13.0 Å². The molecule has 0 unspecified atom stereocenters. The number of methoxy groups -OCH3 is 1. The Morgan fingerprint density at radius 3 is 3.14 bits per heavy atom. The first-order chi connectivity index (χ1) is 6.83. The van der Waals surface area contributed by atoms with Crippen molar-refractivity contribution in [1.82, 2.24) is 0 Å². The third-order valence-electron chi connectivity index (χ3n) is 3.28. The first-order valence-corrected chi connectivity index (χ1v) is 5.59. The van der Waals surface area contributed by atoms with Crippen molar-refractivity contribution in [2.75, 3.05) is 13.7 Å². The van der Waals surface area contributed by atoms with Gasteiger partial charge in [0, 0.05) is 19.4 Å². The molecule has 0 spiro atoms. The molecule has 0 radical (unpaired) electrons. The average Bonchev–Trinajstić information content (AvgIpc) is 2.42. The number of hydrogen-bond acceptors (Lipinski definition) is 2. The molecular weight excluding hydrogens is 174 g/mol. The molecule has 0 aromatic rings. The highest BCUT2D eigenvalue weighted by atomic mass is 16.5. The van der Waals surface area contributed by atoms with Gasteiger partial charge in [0.2, 0.25) is 0 Å². The van der Waals surface area contributed by atoms with Crippen molar-refractivity contribution < 1.29 is 4.74 Å². The van der Waals surface area contributed by atoms with E-state index in [4.69, 9.17) is 4.74 Å². The molecule has 14 heavy (non-hydrogen) atoms. The molecule has 2 aliphatic rings. The number of rotatable bonds is 1. The van der Waals surface area contributed by atoms with Crippen LogP contribution in [0.4, 0.5) is 0 Å². The summed E-state index contributed by atoms with van der Waals surface area (Å²) in [5, 5.41) is 0. The number of aliphatic imine (C=N–C) groups is 1. The van der Waals surface area contributed by atoms with Crippen molar-refractivity contribution >= 4 is 5.71 Å². The van der Waals surface area contributed by atoms with Gasteiger partial charge in [-0.25, -0.2) is 0 Å². The van der Waals surface area contributed by atoms with E-state index in [1.807, 2.05) is 7.11 Å². The zero-order chi connectivity index (χ0) is 9.97. The van der Waals surface area contributed by atoms with E-state index in [1.54, 1.807) is 0 Å². The maximum absolute atomic E-state index is 5.58. The van der Waals surface area contributed by atoms with Gasteiger partial charge >= 0.3 is 0 Å². The number of allylic oxidation sites excluding steroid dienone is 1. The molecule has 2 rings (SSSR count). The molecule has 1 heterocycles. The SMILES string of the molecule is CO[C@H]1C2=CCCCN=C2CC[C@H]1C. The Bertz CT molecular complexity index is 267. The Kier molecular flexibility index (Phi) is 3.02. The van der Waals surface area contributed by atoms with Gasteiger partial charge in [-0.05, 0) is 37.2 Å². The Balaban J connectivity index is 2.26. The van der Waals surface area contributed by atoms with Crippen LogP contribution in [0.2, 0.25) is 0 Å². The molecule has 1 aliphatic heterocycles. The third kappa shape index (κ3) is 1.76. The van der Waals surface area contributed by atoms with Crippen LogP contribution in [0.25, 0.3) is 0 Å². The minimum absolute atomic E-state index is 0.292. The third-order valence-corrected chi connectivity index (χ3v) is 3.28. The van der Waals surface area contributed by atoms with E-state index in [0.29, 0.717) is 12.0 Å². The largest absolute Gasteiger partial charge is 0.376 e. The van der Waals surface area contributed by atoms with Crippen molar-refractivity contribution in [1.29, 1.82) is 0 Å². The summed E-state index contributed by atoms with van der Waals surface area (Å²) < 4.78 is 5.58. The average molecular weight is 193 g/mol. The maximum Gasteiger partial charge on any atom is 0.0861 e. The van der Waals surface area contributed by atoms with E-state index < -0.39 is 0 Å². The monoisotopic (exact) mass is 193 g/mol. The van der Waals surface area contributed by atoms with Crippen LogP contribution in [0.15, 0.2) is 16.6 Å². The zero-order valence-electron chi connectivity index (χ0n) is 9.12. The van der Waals surface area contributed by atoms with Gasteiger partial charge in [-0.15, -0.1) is 0 Å². The molecular formula is C12H19NO. The van der Waals surface area contributed by atoms with Crippen molar-refractivity contribution in [2.24, 2.45) is 10.9 Å². The molecule has 2 nitrogen and oxygen atoms in total. The molecule has 0 amide bonds. The number of fused-ring (bicyclic) bond motifs is 1. The standard InChI is InChI=1S/C12H19NO/c1-9-6-7-11-10(12(9)14-2)5-3-4-8-13-11/h5,9,12H,3-4,6-8H2,1-2H3/t9-,12-/m1/s1. The highest BCUT2D eigenvalue weighted by molar-refractivity contribution is 6.02. The number of hydrogen-bond donors (Lipinski definition) is 0. The van der Waals surface area contributed by atoms with Crippen LogP contribution in [0.3, 0.4) is 0 Å².